The summed E-state index contributed by atoms with van der Waals surface area (Å²) in [6.45, 7) is 4.12. The van der Waals surface area contributed by atoms with Crippen molar-refractivity contribution in [1.82, 2.24) is 19.4 Å². The van der Waals surface area contributed by atoms with E-state index in [1.807, 2.05) is 6.20 Å². The highest BCUT2D eigenvalue weighted by atomic mass is 16.2. The fraction of sp³-hybridized carbons (Fsp3) is 0.750. The van der Waals surface area contributed by atoms with Crippen molar-refractivity contribution in [1.29, 1.82) is 0 Å². The summed E-state index contributed by atoms with van der Waals surface area (Å²) >= 11 is 0. The van der Waals surface area contributed by atoms with Crippen molar-refractivity contribution in [3.63, 3.8) is 0 Å². The first-order valence-electron chi connectivity index (χ1n) is 8.35. The third-order valence-electron chi connectivity index (χ3n) is 5.16. The predicted molar refractivity (Wildman–Crippen MR) is 79.7 cm³/mol. The first-order valence-corrected chi connectivity index (χ1v) is 8.35. The number of piperidine rings is 1. The number of rotatable bonds is 4. The van der Waals surface area contributed by atoms with Crippen LogP contribution in [0.5, 0.6) is 0 Å². The summed E-state index contributed by atoms with van der Waals surface area (Å²) in [6, 6.07) is 1.20. The molecule has 0 radical (unpaired) electrons. The third-order valence-corrected chi connectivity index (χ3v) is 5.16. The molecule has 0 bridgehead atoms. The van der Waals surface area contributed by atoms with Crippen molar-refractivity contribution in [3.05, 3.63) is 18.2 Å². The maximum atomic E-state index is 11.8. The van der Waals surface area contributed by atoms with Crippen LogP contribution in [-0.4, -0.2) is 50.9 Å². The lowest BCUT2D eigenvalue weighted by atomic mass is 10.0. The van der Waals surface area contributed by atoms with Crippen LogP contribution in [0, 0.1) is 0 Å². The average Bonchev–Trinajstić information content (AvgIpc) is 3.09. The van der Waals surface area contributed by atoms with Gasteiger partial charge in [-0.2, -0.15) is 0 Å². The Morgan fingerprint density at radius 1 is 1.10 bits per heavy atom. The van der Waals surface area contributed by atoms with Crippen LogP contribution in [0.2, 0.25) is 0 Å². The Kier molecular flexibility index (Phi) is 3.45. The zero-order valence-electron chi connectivity index (χ0n) is 12.6. The largest absolute Gasteiger partial charge is 0.340 e. The van der Waals surface area contributed by atoms with Gasteiger partial charge in [-0.15, -0.1) is 0 Å². The SMILES string of the molecule is O=C1CCCN1C1CCN(Cc2nccn2C2CC2)CC1. The highest BCUT2D eigenvalue weighted by Gasteiger charge is 2.31. The molecule has 3 aliphatic rings. The molecule has 1 aromatic rings. The lowest BCUT2D eigenvalue weighted by molar-refractivity contribution is -0.130. The summed E-state index contributed by atoms with van der Waals surface area (Å²) in [5, 5.41) is 0. The number of carbonyl (C=O) groups excluding carboxylic acids is 1. The van der Waals surface area contributed by atoms with E-state index in [1.165, 1.54) is 18.7 Å². The molecule has 114 valence electrons. The lowest BCUT2D eigenvalue weighted by Crippen LogP contribution is -2.45. The molecule has 3 fully saturated rings. The molecule has 3 heterocycles. The van der Waals surface area contributed by atoms with Gasteiger partial charge in [0.2, 0.25) is 5.91 Å². The van der Waals surface area contributed by atoms with E-state index >= 15 is 0 Å². The first-order chi connectivity index (χ1) is 10.3. The van der Waals surface area contributed by atoms with E-state index in [-0.39, 0.29) is 0 Å². The molecule has 5 heteroatoms. The molecule has 5 nitrogen and oxygen atoms in total. The molecule has 0 spiro atoms. The summed E-state index contributed by atoms with van der Waals surface area (Å²) in [5.41, 5.74) is 0. The van der Waals surface area contributed by atoms with E-state index in [0.717, 1.165) is 51.9 Å². The highest BCUT2D eigenvalue weighted by molar-refractivity contribution is 5.78. The van der Waals surface area contributed by atoms with Crippen molar-refractivity contribution in [2.75, 3.05) is 19.6 Å². The second-order valence-electron chi connectivity index (χ2n) is 6.68. The Hall–Kier alpha value is -1.36. The Labute approximate surface area is 125 Å². The van der Waals surface area contributed by atoms with Gasteiger partial charge in [-0.25, -0.2) is 4.98 Å². The molecule has 1 aromatic heterocycles. The van der Waals surface area contributed by atoms with Crippen LogP contribution >= 0.6 is 0 Å². The number of imidazole rings is 1. The Morgan fingerprint density at radius 3 is 2.57 bits per heavy atom. The molecule has 21 heavy (non-hydrogen) atoms. The van der Waals surface area contributed by atoms with Crippen LogP contribution in [0.1, 0.15) is 50.4 Å². The fourth-order valence-electron chi connectivity index (χ4n) is 3.80. The molecule has 2 saturated heterocycles. The van der Waals surface area contributed by atoms with Crippen LogP contribution in [0.15, 0.2) is 12.4 Å². The second-order valence-corrected chi connectivity index (χ2v) is 6.68. The van der Waals surface area contributed by atoms with Gasteiger partial charge in [0.05, 0.1) is 6.54 Å². The van der Waals surface area contributed by atoms with Gasteiger partial charge < -0.3 is 9.47 Å². The van der Waals surface area contributed by atoms with Crippen molar-refractivity contribution in [3.8, 4) is 0 Å². The number of likely N-dealkylation sites (tertiary alicyclic amines) is 2. The topological polar surface area (TPSA) is 41.4 Å². The minimum Gasteiger partial charge on any atom is -0.340 e. The third kappa shape index (κ3) is 2.71. The molecule has 0 unspecified atom stereocenters. The normalized spacial score (nSPS) is 25.0. The Bertz CT molecular complexity index is 514. The molecular formula is C16H24N4O. The summed E-state index contributed by atoms with van der Waals surface area (Å²) in [4.78, 5) is 21.0. The van der Waals surface area contributed by atoms with Crippen LogP contribution in [0.3, 0.4) is 0 Å². The van der Waals surface area contributed by atoms with Gasteiger partial charge in [0.15, 0.2) is 0 Å². The summed E-state index contributed by atoms with van der Waals surface area (Å²) in [6.07, 6.45) is 10.7. The van der Waals surface area contributed by atoms with Gasteiger partial charge in [0.1, 0.15) is 5.82 Å². The van der Waals surface area contributed by atoms with Crippen LogP contribution < -0.4 is 0 Å². The number of nitrogens with zero attached hydrogens (tertiary/aromatic N) is 4. The van der Waals surface area contributed by atoms with Crippen molar-refractivity contribution < 1.29 is 4.79 Å². The monoisotopic (exact) mass is 288 g/mol. The van der Waals surface area contributed by atoms with E-state index in [9.17, 15) is 4.79 Å². The van der Waals surface area contributed by atoms with Crippen molar-refractivity contribution in [2.45, 2.75) is 57.2 Å². The molecule has 2 aliphatic heterocycles. The van der Waals surface area contributed by atoms with Crippen LogP contribution in [-0.2, 0) is 11.3 Å². The minimum atomic E-state index is 0.373. The lowest BCUT2D eigenvalue weighted by Gasteiger charge is -2.36. The fourth-order valence-corrected chi connectivity index (χ4v) is 3.80. The van der Waals surface area contributed by atoms with Gasteiger partial charge in [-0.05, 0) is 32.1 Å². The van der Waals surface area contributed by atoms with Gasteiger partial charge in [0, 0.05) is 50.5 Å². The zero-order chi connectivity index (χ0) is 14.2. The minimum absolute atomic E-state index is 0.373. The van der Waals surface area contributed by atoms with E-state index in [1.54, 1.807) is 0 Å². The number of aromatic nitrogens is 2. The number of amides is 1. The first kappa shape index (κ1) is 13.3. The van der Waals surface area contributed by atoms with Gasteiger partial charge in [0.25, 0.3) is 0 Å². The van der Waals surface area contributed by atoms with Crippen LogP contribution in [0.4, 0.5) is 0 Å². The standard InChI is InChI=1S/C16H24N4O/c21-16-2-1-8-20(16)14-5-9-18(10-6-14)12-15-17-7-11-19(15)13-3-4-13/h7,11,13-14H,1-6,8-10,12H2. The molecule has 0 atom stereocenters. The van der Waals surface area contributed by atoms with Gasteiger partial charge in [-0.3, -0.25) is 9.69 Å². The summed E-state index contributed by atoms with van der Waals surface area (Å²) in [5.74, 6) is 1.59. The van der Waals surface area contributed by atoms with Gasteiger partial charge in [-0.1, -0.05) is 0 Å². The van der Waals surface area contributed by atoms with E-state index in [4.69, 9.17) is 0 Å². The van der Waals surface area contributed by atoms with Crippen LogP contribution in [0.25, 0.3) is 0 Å². The maximum Gasteiger partial charge on any atom is 0.222 e. The molecule has 1 saturated carbocycles. The second kappa shape index (κ2) is 5.44. The number of hydrogen-bond donors (Lipinski definition) is 0. The Morgan fingerprint density at radius 2 is 1.90 bits per heavy atom. The quantitative estimate of drug-likeness (QED) is 0.848. The average molecular weight is 288 g/mol. The summed E-state index contributed by atoms with van der Waals surface area (Å²) in [7, 11) is 0. The van der Waals surface area contributed by atoms with E-state index < -0.39 is 0 Å². The predicted octanol–water partition coefficient (Wildman–Crippen LogP) is 1.80. The van der Waals surface area contributed by atoms with Crippen molar-refractivity contribution >= 4 is 5.91 Å². The number of carbonyl (C=O) groups is 1. The van der Waals surface area contributed by atoms with Gasteiger partial charge >= 0.3 is 0 Å². The van der Waals surface area contributed by atoms with E-state index in [2.05, 4.69) is 25.5 Å². The van der Waals surface area contributed by atoms with E-state index in [0.29, 0.717) is 18.0 Å². The molecule has 1 amide bonds. The smallest absolute Gasteiger partial charge is 0.222 e. The molecule has 1 aliphatic carbocycles. The highest BCUT2D eigenvalue weighted by Crippen LogP contribution is 2.35. The summed E-state index contributed by atoms with van der Waals surface area (Å²) < 4.78 is 2.36. The molecule has 4 rings (SSSR count). The van der Waals surface area contributed by atoms with Crippen molar-refractivity contribution in [2.24, 2.45) is 0 Å². The molecule has 0 aromatic carbocycles. The number of hydrogen-bond acceptors (Lipinski definition) is 3. The zero-order valence-corrected chi connectivity index (χ0v) is 12.6. The Balaban J connectivity index is 1.33. The maximum absolute atomic E-state index is 11.8. The molecular weight excluding hydrogens is 264 g/mol. The molecule has 0 N–H and O–H groups in total.